The molecule has 0 radical (unpaired) electrons. The van der Waals surface area contributed by atoms with Crippen LogP contribution in [0.2, 0.25) is 5.02 Å². The van der Waals surface area contributed by atoms with E-state index < -0.39 is 11.7 Å². The van der Waals surface area contributed by atoms with Gasteiger partial charge in [-0.2, -0.15) is 10.4 Å². The van der Waals surface area contributed by atoms with E-state index in [9.17, 15) is 19.6 Å². The Morgan fingerprint density at radius 3 is 2.67 bits per heavy atom. The van der Waals surface area contributed by atoms with Crippen molar-refractivity contribution in [3.63, 3.8) is 0 Å². The third-order valence-corrected chi connectivity index (χ3v) is 8.17. The zero-order valence-corrected chi connectivity index (χ0v) is 21.9. The number of aromatic nitrogens is 4. The molecule has 9 nitrogen and oxygen atoms in total. The molecule has 1 aliphatic carbocycles. The molecule has 4 aromatic heterocycles. The van der Waals surface area contributed by atoms with Crippen molar-refractivity contribution in [1.29, 1.82) is 5.26 Å². The van der Waals surface area contributed by atoms with Crippen molar-refractivity contribution in [3.05, 3.63) is 71.2 Å². The van der Waals surface area contributed by atoms with E-state index in [0.29, 0.717) is 35.0 Å². The number of fused-ring (bicyclic) bond motifs is 2. The Kier molecular flexibility index (Phi) is 6.11. The van der Waals surface area contributed by atoms with Crippen molar-refractivity contribution < 1.29 is 14.3 Å². The number of pyridine rings is 3. The second-order valence-electron chi connectivity index (χ2n) is 10.8. The van der Waals surface area contributed by atoms with E-state index >= 15 is 0 Å². The van der Waals surface area contributed by atoms with Crippen molar-refractivity contribution in [1.82, 2.24) is 24.9 Å². The third kappa shape index (κ3) is 4.63. The SMILES string of the molecule is CC1(CNC(=O)c2ncc(F)cc2Cl)CC2CN(c3ccc(-c4cc(O)cn5ncc(C#N)c45)cn3)CC2C1. The van der Waals surface area contributed by atoms with Crippen LogP contribution in [0.25, 0.3) is 16.6 Å². The lowest BCUT2D eigenvalue weighted by Gasteiger charge is -2.27. The molecule has 6 rings (SSSR count). The van der Waals surface area contributed by atoms with E-state index in [0.717, 1.165) is 49.6 Å². The molecular weight excluding hydrogens is 521 g/mol. The van der Waals surface area contributed by atoms with Gasteiger partial charge in [-0.15, -0.1) is 0 Å². The van der Waals surface area contributed by atoms with Crippen LogP contribution in [0, 0.1) is 34.4 Å². The largest absolute Gasteiger partial charge is 0.506 e. The molecule has 11 heteroatoms. The summed E-state index contributed by atoms with van der Waals surface area (Å²) in [7, 11) is 0. The summed E-state index contributed by atoms with van der Waals surface area (Å²) >= 11 is 5.99. The van der Waals surface area contributed by atoms with Crippen molar-refractivity contribution in [3.8, 4) is 22.9 Å². The first kappa shape index (κ1) is 25.1. The fraction of sp³-hybridized carbons (Fsp3) is 0.321. The van der Waals surface area contributed by atoms with Crippen LogP contribution in [-0.4, -0.2) is 50.2 Å². The van der Waals surface area contributed by atoms with Gasteiger partial charge in [0.05, 0.1) is 34.7 Å². The Labute approximate surface area is 228 Å². The number of anilines is 1. The number of carbonyl (C=O) groups is 1. The van der Waals surface area contributed by atoms with Crippen LogP contribution < -0.4 is 10.2 Å². The van der Waals surface area contributed by atoms with E-state index in [1.165, 1.54) is 16.9 Å². The molecular formula is C28H25ClFN7O2. The highest BCUT2D eigenvalue weighted by atomic mass is 35.5. The molecule has 1 saturated carbocycles. The van der Waals surface area contributed by atoms with Crippen LogP contribution in [0.4, 0.5) is 10.2 Å². The number of aromatic hydroxyl groups is 1. The van der Waals surface area contributed by atoms with Gasteiger partial charge in [0.2, 0.25) is 0 Å². The molecule has 2 fully saturated rings. The molecule has 1 amide bonds. The van der Waals surface area contributed by atoms with Gasteiger partial charge in [-0.05, 0) is 54.4 Å². The Balaban J connectivity index is 1.11. The summed E-state index contributed by atoms with van der Waals surface area (Å²) in [4.78, 5) is 23.4. The lowest BCUT2D eigenvalue weighted by atomic mass is 9.87. The Hall–Kier alpha value is -4.23. The maximum absolute atomic E-state index is 13.3. The highest BCUT2D eigenvalue weighted by molar-refractivity contribution is 6.33. The molecule has 2 atom stereocenters. The monoisotopic (exact) mass is 545 g/mol. The minimum absolute atomic E-state index is 0.000667. The molecule has 4 aromatic rings. The van der Waals surface area contributed by atoms with Gasteiger partial charge in [-0.3, -0.25) is 4.79 Å². The summed E-state index contributed by atoms with van der Waals surface area (Å²) in [6.45, 7) is 4.44. The number of amides is 1. The summed E-state index contributed by atoms with van der Waals surface area (Å²) in [5, 5.41) is 26.7. The van der Waals surface area contributed by atoms with E-state index in [1.54, 1.807) is 12.3 Å². The van der Waals surface area contributed by atoms with Gasteiger partial charge in [-0.1, -0.05) is 18.5 Å². The summed E-state index contributed by atoms with van der Waals surface area (Å²) in [6, 6.07) is 8.78. The van der Waals surface area contributed by atoms with E-state index in [1.807, 2.05) is 12.1 Å². The first-order valence-corrected chi connectivity index (χ1v) is 13.0. The second kappa shape index (κ2) is 9.50. The zero-order valence-electron chi connectivity index (χ0n) is 21.1. The first-order chi connectivity index (χ1) is 18.7. The second-order valence-corrected chi connectivity index (χ2v) is 11.2. The van der Waals surface area contributed by atoms with Gasteiger partial charge in [0.15, 0.2) is 0 Å². The highest BCUT2D eigenvalue weighted by Crippen LogP contribution is 2.49. The topological polar surface area (TPSA) is 119 Å². The molecule has 39 heavy (non-hydrogen) atoms. The van der Waals surface area contributed by atoms with Gasteiger partial charge < -0.3 is 15.3 Å². The third-order valence-electron chi connectivity index (χ3n) is 7.89. The Morgan fingerprint density at radius 2 is 2.00 bits per heavy atom. The molecule has 1 saturated heterocycles. The molecule has 2 unspecified atom stereocenters. The minimum Gasteiger partial charge on any atom is -0.506 e. The average molecular weight is 546 g/mol. The molecule has 2 aliphatic rings. The number of hydrogen-bond acceptors (Lipinski definition) is 7. The van der Waals surface area contributed by atoms with Gasteiger partial charge in [0, 0.05) is 37.0 Å². The van der Waals surface area contributed by atoms with Gasteiger partial charge >= 0.3 is 0 Å². The number of nitrogens with zero attached hydrogens (tertiary/aromatic N) is 6. The average Bonchev–Trinajstić information content (AvgIpc) is 3.58. The summed E-state index contributed by atoms with van der Waals surface area (Å²) in [5.41, 5.74) is 2.52. The molecule has 1 aliphatic heterocycles. The fourth-order valence-electron chi connectivity index (χ4n) is 6.18. The number of nitrogens with one attached hydrogen (secondary N) is 1. The standard InChI is InChI=1S/C28H25ClFN7O2/c1-28(15-34-27(39)25-23(29)4-20(30)11-33-25)6-17-12-36(13-18(17)7-28)24-3-2-16(9-32-24)22-5-21(38)14-37-26(22)19(8-31)10-35-37/h2-5,9-11,14,17-18,38H,6-7,12-13,15H2,1H3,(H,34,39). The number of rotatable bonds is 5. The minimum atomic E-state index is -0.580. The highest BCUT2D eigenvalue weighted by Gasteiger charge is 2.47. The quantitative estimate of drug-likeness (QED) is 0.380. The Morgan fingerprint density at radius 1 is 1.23 bits per heavy atom. The van der Waals surface area contributed by atoms with Crippen molar-refractivity contribution in [2.45, 2.75) is 19.8 Å². The number of carbonyl (C=O) groups excluding carboxylic acids is 1. The normalized spacial score (nSPS) is 22.2. The summed E-state index contributed by atoms with van der Waals surface area (Å²) in [5.74, 6) is 0.923. The number of hydrogen-bond donors (Lipinski definition) is 2. The van der Waals surface area contributed by atoms with Crippen LogP contribution in [0.5, 0.6) is 5.75 Å². The van der Waals surface area contributed by atoms with Gasteiger partial charge in [0.1, 0.15) is 29.1 Å². The molecule has 2 N–H and O–H groups in total. The maximum Gasteiger partial charge on any atom is 0.271 e. The van der Waals surface area contributed by atoms with E-state index in [2.05, 4.69) is 33.3 Å². The summed E-state index contributed by atoms with van der Waals surface area (Å²) in [6.07, 6.45) is 7.65. The van der Waals surface area contributed by atoms with Crippen LogP contribution in [0.1, 0.15) is 35.8 Å². The molecule has 0 spiro atoms. The van der Waals surface area contributed by atoms with Gasteiger partial charge in [0.25, 0.3) is 5.91 Å². The smallest absolute Gasteiger partial charge is 0.271 e. The van der Waals surface area contributed by atoms with Crippen LogP contribution >= 0.6 is 11.6 Å². The first-order valence-electron chi connectivity index (χ1n) is 12.6. The van der Waals surface area contributed by atoms with Gasteiger partial charge in [-0.25, -0.2) is 18.9 Å². The molecule has 198 valence electrons. The number of halogens is 2. The van der Waals surface area contributed by atoms with Crippen molar-refractivity contribution in [2.24, 2.45) is 17.3 Å². The van der Waals surface area contributed by atoms with E-state index in [4.69, 9.17) is 16.6 Å². The van der Waals surface area contributed by atoms with Crippen molar-refractivity contribution in [2.75, 3.05) is 24.5 Å². The lowest BCUT2D eigenvalue weighted by molar-refractivity contribution is 0.0927. The van der Waals surface area contributed by atoms with Crippen LogP contribution in [0.3, 0.4) is 0 Å². The summed E-state index contributed by atoms with van der Waals surface area (Å²) < 4.78 is 14.8. The predicted molar refractivity (Wildman–Crippen MR) is 143 cm³/mol. The molecule has 0 bridgehead atoms. The van der Waals surface area contributed by atoms with E-state index in [-0.39, 0.29) is 21.9 Å². The zero-order chi connectivity index (χ0) is 27.3. The molecule has 0 aromatic carbocycles. The van der Waals surface area contributed by atoms with Crippen molar-refractivity contribution >= 4 is 28.8 Å². The predicted octanol–water partition coefficient (Wildman–Crippen LogP) is 4.44. The lowest BCUT2D eigenvalue weighted by Crippen LogP contribution is -2.36. The number of nitriles is 1. The van der Waals surface area contributed by atoms with Crippen LogP contribution in [-0.2, 0) is 0 Å². The van der Waals surface area contributed by atoms with Crippen LogP contribution in [0.15, 0.2) is 49.1 Å². The fourth-order valence-corrected chi connectivity index (χ4v) is 6.42. The molecule has 5 heterocycles. The Bertz CT molecular complexity index is 1620. The maximum atomic E-state index is 13.3.